The van der Waals surface area contributed by atoms with E-state index in [0.717, 1.165) is 21.9 Å². The van der Waals surface area contributed by atoms with Crippen molar-refractivity contribution in [2.75, 3.05) is 19.8 Å². The van der Waals surface area contributed by atoms with Crippen molar-refractivity contribution < 1.29 is 37.8 Å². The molecule has 9 heteroatoms. The fourth-order valence-electron chi connectivity index (χ4n) is 5.88. The lowest BCUT2D eigenvalue weighted by molar-refractivity contribution is -0.165. The third-order valence-corrected chi connectivity index (χ3v) is 9.31. The van der Waals surface area contributed by atoms with Crippen molar-refractivity contribution in [2.24, 2.45) is 17.3 Å². The van der Waals surface area contributed by atoms with Gasteiger partial charge in [-0.25, -0.2) is 14.0 Å². The fourth-order valence-corrected chi connectivity index (χ4v) is 5.88. The number of aryl methyl sites for hydroxylation is 1. The number of esters is 2. The number of Topliss-reactive ketones (excluding diaryl/α,β-unsaturated/α-hetero) is 1. The lowest BCUT2D eigenvalue weighted by Gasteiger charge is -2.36. The van der Waals surface area contributed by atoms with Crippen LogP contribution in [-0.2, 0) is 35.1 Å². The number of piperidine rings is 1. The number of hydrogen-bond donors (Lipinski definition) is 0. The second kappa shape index (κ2) is 18.1. The summed E-state index contributed by atoms with van der Waals surface area (Å²) in [6, 6.07) is 17.4. The van der Waals surface area contributed by atoms with Crippen LogP contribution in [-0.4, -0.2) is 54.3 Å². The number of halogens is 1. The van der Waals surface area contributed by atoms with Crippen molar-refractivity contribution in [3.8, 4) is 5.75 Å². The molecule has 1 aliphatic heterocycles. The summed E-state index contributed by atoms with van der Waals surface area (Å²) in [7, 11) is 0. The predicted octanol–water partition coefficient (Wildman–Crippen LogP) is 8.52. The Morgan fingerprint density at radius 2 is 1.71 bits per heavy atom. The molecule has 52 heavy (non-hydrogen) atoms. The Hall–Kier alpha value is -4.79. The van der Waals surface area contributed by atoms with Crippen LogP contribution in [0.2, 0.25) is 0 Å². The molecule has 4 rings (SSSR count). The van der Waals surface area contributed by atoms with Gasteiger partial charge in [0.1, 0.15) is 36.9 Å². The van der Waals surface area contributed by atoms with Crippen molar-refractivity contribution in [3.63, 3.8) is 0 Å². The first-order chi connectivity index (χ1) is 24.6. The first-order valence-electron chi connectivity index (χ1n) is 18.1. The normalized spacial score (nSPS) is 15.6. The number of carbonyl (C=O) groups excluding carboxylic acids is 4. The molecular formula is C43H52FNO7. The van der Waals surface area contributed by atoms with Gasteiger partial charge >= 0.3 is 11.9 Å². The number of carbonyl (C=O) groups is 4. The van der Waals surface area contributed by atoms with Crippen LogP contribution in [0.1, 0.15) is 84.5 Å². The molecule has 2 atom stereocenters. The monoisotopic (exact) mass is 713 g/mol. The summed E-state index contributed by atoms with van der Waals surface area (Å²) in [4.78, 5) is 54.7. The minimum absolute atomic E-state index is 0.143. The molecule has 1 heterocycles. The summed E-state index contributed by atoms with van der Waals surface area (Å²) in [5.74, 6) is -2.81. The van der Waals surface area contributed by atoms with Crippen LogP contribution in [0.25, 0.3) is 10.8 Å². The van der Waals surface area contributed by atoms with E-state index in [2.05, 4.69) is 12.6 Å². The number of hydrogen-bond acceptors (Lipinski definition) is 7. The first-order valence-corrected chi connectivity index (χ1v) is 18.1. The van der Waals surface area contributed by atoms with Crippen LogP contribution in [0, 0.1) is 23.1 Å². The lowest BCUT2D eigenvalue weighted by Crippen LogP contribution is -2.53. The highest BCUT2D eigenvalue weighted by Gasteiger charge is 2.42. The summed E-state index contributed by atoms with van der Waals surface area (Å²) >= 11 is 0. The second-order valence-corrected chi connectivity index (χ2v) is 14.9. The maximum Gasteiger partial charge on any atom is 0.330 e. The van der Waals surface area contributed by atoms with Crippen molar-refractivity contribution in [1.29, 1.82) is 0 Å². The lowest BCUT2D eigenvalue weighted by atomic mass is 9.87. The van der Waals surface area contributed by atoms with E-state index in [1.54, 1.807) is 12.1 Å². The van der Waals surface area contributed by atoms with Gasteiger partial charge in [0, 0.05) is 18.7 Å². The molecule has 0 bridgehead atoms. The van der Waals surface area contributed by atoms with Gasteiger partial charge in [0.25, 0.3) is 5.91 Å². The van der Waals surface area contributed by atoms with Gasteiger partial charge < -0.3 is 19.1 Å². The molecular weight excluding hydrogens is 661 g/mol. The molecule has 3 aromatic rings. The van der Waals surface area contributed by atoms with Crippen LogP contribution in [0.4, 0.5) is 4.39 Å². The first kappa shape index (κ1) is 40.0. The minimum atomic E-state index is -1.33. The van der Waals surface area contributed by atoms with E-state index < -0.39 is 47.0 Å². The molecule has 0 aliphatic carbocycles. The molecule has 278 valence electrons. The van der Waals surface area contributed by atoms with Crippen molar-refractivity contribution >= 4 is 34.4 Å². The number of rotatable bonds is 16. The molecule has 1 amide bonds. The van der Waals surface area contributed by atoms with E-state index in [4.69, 9.17) is 14.2 Å². The van der Waals surface area contributed by atoms with Gasteiger partial charge in [0.05, 0.1) is 5.41 Å². The molecule has 8 nitrogen and oxygen atoms in total. The zero-order valence-electron chi connectivity index (χ0n) is 31.3. The van der Waals surface area contributed by atoms with E-state index in [1.165, 1.54) is 37.0 Å². The van der Waals surface area contributed by atoms with Crippen LogP contribution in [0.3, 0.4) is 0 Å². The van der Waals surface area contributed by atoms with Crippen LogP contribution < -0.4 is 4.74 Å². The van der Waals surface area contributed by atoms with E-state index in [0.29, 0.717) is 37.7 Å². The summed E-state index contributed by atoms with van der Waals surface area (Å²) in [6.45, 7) is 15.0. The van der Waals surface area contributed by atoms with Gasteiger partial charge in [-0.3, -0.25) is 9.59 Å². The van der Waals surface area contributed by atoms with Crippen molar-refractivity contribution in [1.82, 2.24) is 4.90 Å². The van der Waals surface area contributed by atoms with Gasteiger partial charge in [-0.2, -0.15) is 0 Å². The number of benzene rings is 3. The molecule has 1 saturated heterocycles. The van der Waals surface area contributed by atoms with Gasteiger partial charge in [-0.15, -0.1) is 0 Å². The largest absolute Gasteiger partial charge is 0.489 e. The highest BCUT2D eigenvalue weighted by Crippen LogP contribution is 2.32. The third kappa shape index (κ3) is 11.1. The Labute approximate surface area is 307 Å². The maximum atomic E-state index is 15.1. The Balaban J connectivity index is 1.55. The molecule has 0 unspecified atom stereocenters. The quantitative estimate of drug-likeness (QED) is 0.0635. The molecule has 3 aromatic carbocycles. The Morgan fingerprint density at radius 1 is 0.981 bits per heavy atom. The van der Waals surface area contributed by atoms with Crippen LogP contribution in [0.5, 0.6) is 5.75 Å². The fraction of sp³-hybridized carbons (Fsp3) is 0.442. The highest BCUT2D eigenvalue weighted by atomic mass is 19.1. The minimum Gasteiger partial charge on any atom is -0.489 e. The Bertz CT molecular complexity index is 1790. The zero-order valence-corrected chi connectivity index (χ0v) is 31.3. The molecule has 1 fully saturated rings. The third-order valence-electron chi connectivity index (χ3n) is 9.31. The van der Waals surface area contributed by atoms with Gasteiger partial charge in [-0.05, 0) is 97.4 Å². The molecule has 0 radical (unpaired) electrons. The molecule has 0 aromatic heterocycles. The van der Waals surface area contributed by atoms with Gasteiger partial charge in [-0.1, -0.05) is 82.8 Å². The number of likely N-dealkylation sites (tertiary alicyclic amines) is 1. The summed E-state index contributed by atoms with van der Waals surface area (Å²) in [6.07, 6.45) is 4.52. The standard InChI is InChI=1S/C43H52FNO7/c1-28(2)15-20-39(46)51-27-43(6,7)40(47)41(48)45-21-11-10-14-37(45)42(49)52-38(19-17-31-16-18-32-12-8-9-13-33(32)22-31)34-23-35(44)25-36(24-34)50-26-30(5)29(3)4/h8-9,12-13,15-16,18,20,22-25,28-29,37-38H,5,10-11,14,17,19,21,26-27H2,1-4,6-7H3/b20-15-/t37-,38+/m0/s1. The maximum absolute atomic E-state index is 15.1. The number of ketones is 1. The number of amides is 1. The summed E-state index contributed by atoms with van der Waals surface area (Å²) in [5.41, 5.74) is 0.957. The van der Waals surface area contributed by atoms with E-state index in [1.807, 2.05) is 64.1 Å². The van der Waals surface area contributed by atoms with E-state index in [9.17, 15) is 19.2 Å². The second-order valence-electron chi connectivity index (χ2n) is 14.9. The Kier molecular flexibility index (Phi) is 13.9. The topological polar surface area (TPSA) is 99.2 Å². The summed E-state index contributed by atoms with van der Waals surface area (Å²) in [5, 5.41) is 2.18. The van der Waals surface area contributed by atoms with E-state index >= 15 is 4.39 Å². The number of ether oxygens (including phenoxy) is 3. The van der Waals surface area contributed by atoms with Crippen molar-refractivity contribution in [3.05, 3.63) is 102 Å². The molecule has 0 saturated carbocycles. The van der Waals surface area contributed by atoms with Crippen molar-refractivity contribution in [2.45, 2.75) is 85.8 Å². The number of allylic oxidation sites excluding steroid dienone is 1. The molecule has 0 N–H and O–H groups in total. The molecule has 1 aliphatic rings. The highest BCUT2D eigenvalue weighted by molar-refractivity contribution is 6.38. The summed E-state index contributed by atoms with van der Waals surface area (Å²) < 4.78 is 32.4. The predicted molar refractivity (Wildman–Crippen MR) is 200 cm³/mol. The number of fused-ring (bicyclic) bond motifs is 1. The Morgan fingerprint density at radius 3 is 2.42 bits per heavy atom. The number of nitrogens with zero attached hydrogens (tertiary/aromatic N) is 1. The smallest absolute Gasteiger partial charge is 0.330 e. The molecule has 0 spiro atoms. The zero-order chi connectivity index (χ0) is 38.0. The SMILES string of the molecule is C=C(COc1cc(F)cc([C@@H](CCc2ccc3ccccc3c2)OC(=O)[C@@H]2CCCCN2C(=O)C(=O)C(C)(C)COC(=O)/C=C\C(C)C)c1)C(C)C. The van der Waals surface area contributed by atoms with Gasteiger partial charge in [0.2, 0.25) is 5.78 Å². The van der Waals surface area contributed by atoms with Crippen LogP contribution in [0.15, 0.2) is 85.0 Å². The van der Waals surface area contributed by atoms with E-state index in [-0.39, 0.29) is 37.3 Å². The average Bonchev–Trinajstić information content (AvgIpc) is 3.12. The van der Waals surface area contributed by atoms with Crippen LogP contribution >= 0.6 is 0 Å². The van der Waals surface area contributed by atoms with Gasteiger partial charge in [0.15, 0.2) is 0 Å². The average molecular weight is 714 g/mol.